The van der Waals surface area contributed by atoms with Crippen LogP contribution < -0.4 is 0 Å². The van der Waals surface area contributed by atoms with E-state index in [0.717, 1.165) is 0 Å². The SMILES string of the molecule is CCON=C(Cl)C(=O)OCC. The number of carbonyl (C=O) groups excluding carboxylic acids is 1. The standard InChI is InChI=1S/C6H10ClNO3/c1-3-10-6(9)5(7)8-11-4-2/h3-4H2,1-2H3. The Hall–Kier alpha value is -0.770. The summed E-state index contributed by atoms with van der Waals surface area (Å²) in [5, 5.41) is 2.99. The van der Waals surface area contributed by atoms with E-state index in [0.29, 0.717) is 6.61 Å². The summed E-state index contributed by atoms with van der Waals surface area (Å²) in [4.78, 5) is 15.2. The Morgan fingerprint density at radius 3 is 2.55 bits per heavy atom. The summed E-state index contributed by atoms with van der Waals surface area (Å²) in [5.41, 5.74) is 0. The maximum atomic E-state index is 10.7. The molecule has 0 saturated carbocycles. The second-order valence-electron chi connectivity index (χ2n) is 1.52. The van der Waals surface area contributed by atoms with E-state index in [9.17, 15) is 4.79 Å². The van der Waals surface area contributed by atoms with Gasteiger partial charge in [0.15, 0.2) is 0 Å². The van der Waals surface area contributed by atoms with Crippen LogP contribution in [0.25, 0.3) is 0 Å². The molecule has 0 aliphatic heterocycles. The van der Waals surface area contributed by atoms with Crippen molar-refractivity contribution in [3.05, 3.63) is 0 Å². The Morgan fingerprint density at radius 1 is 1.45 bits per heavy atom. The molecule has 0 bridgehead atoms. The Balaban J connectivity index is 3.80. The minimum absolute atomic E-state index is 0.275. The zero-order valence-electron chi connectivity index (χ0n) is 6.46. The molecule has 0 aliphatic rings. The van der Waals surface area contributed by atoms with Gasteiger partial charge >= 0.3 is 5.97 Å². The fourth-order valence-electron chi connectivity index (χ4n) is 0.349. The van der Waals surface area contributed by atoms with Gasteiger partial charge in [0.05, 0.1) is 6.61 Å². The van der Waals surface area contributed by atoms with Gasteiger partial charge in [-0.2, -0.15) is 0 Å². The van der Waals surface area contributed by atoms with E-state index in [2.05, 4.69) is 14.7 Å². The molecular weight excluding hydrogens is 170 g/mol. The average molecular weight is 180 g/mol. The number of rotatable bonds is 4. The quantitative estimate of drug-likeness (QED) is 0.369. The molecule has 0 N–H and O–H groups in total. The molecule has 0 amide bonds. The maximum Gasteiger partial charge on any atom is 0.372 e. The molecule has 0 aromatic rings. The van der Waals surface area contributed by atoms with Crippen molar-refractivity contribution in [2.45, 2.75) is 13.8 Å². The minimum atomic E-state index is -0.664. The van der Waals surface area contributed by atoms with Crippen LogP contribution in [0.1, 0.15) is 13.8 Å². The van der Waals surface area contributed by atoms with Gasteiger partial charge in [0.2, 0.25) is 0 Å². The highest BCUT2D eigenvalue weighted by atomic mass is 35.5. The van der Waals surface area contributed by atoms with E-state index < -0.39 is 5.97 Å². The van der Waals surface area contributed by atoms with E-state index in [4.69, 9.17) is 11.6 Å². The van der Waals surface area contributed by atoms with Gasteiger partial charge in [-0.1, -0.05) is 16.8 Å². The number of oxime groups is 1. The van der Waals surface area contributed by atoms with Gasteiger partial charge in [0.1, 0.15) is 6.61 Å². The van der Waals surface area contributed by atoms with E-state index >= 15 is 0 Å². The molecule has 64 valence electrons. The van der Waals surface area contributed by atoms with Crippen LogP contribution in [-0.4, -0.2) is 24.4 Å². The molecular formula is C6H10ClNO3. The van der Waals surface area contributed by atoms with E-state index in [1.54, 1.807) is 13.8 Å². The molecule has 0 fully saturated rings. The smallest absolute Gasteiger partial charge is 0.372 e. The number of halogens is 1. The highest BCUT2D eigenvalue weighted by molar-refractivity contribution is 6.81. The topological polar surface area (TPSA) is 47.9 Å². The summed E-state index contributed by atoms with van der Waals surface area (Å²) >= 11 is 5.34. The molecule has 0 spiro atoms. The molecule has 0 radical (unpaired) electrons. The molecule has 0 heterocycles. The summed E-state index contributed by atoms with van der Waals surface area (Å²) in [6.07, 6.45) is 0. The third-order valence-electron chi connectivity index (χ3n) is 0.718. The van der Waals surface area contributed by atoms with E-state index in [1.807, 2.05) is 0 Å². The van der Waals surface area contributed by atoms with Crippen molar-refractivity contribution >= 4 is 22.7 Å². The predicted octanol–water partition coefficient (Wildman–Crippen LogP) is 1.14. The summed E-state index contributed by atoms with van der Waals surface area (Å²) < 4.78 is 4.52. The summed E-state index contributed by atoms with van der Waals surface area (Å²) in [6.45, 7) is 4.06. The zero-order valence-corrected chi connectivity index (χ0v) is 7.22. The van der Waals surface area contributed by atoms with Gasteiger partial charge in [-0.25, -0.2) is 4.79 Å². The van der Waals surface area contributed by atoms with Crippen LogP contribution in [0.15, 0.2) is 5.16 Å². The van der Waals surface area contributed by atoms with E-state index in [-0.39, 0.29) is 11.8 Å². The first-order valence-corrected chi connectivity index (χ1v) is 3.62. The third kappa shape index (κ3) is 4.61. The van der Waals surface area contributed by atoms with Crippen LogP contribution in [0.2, 0.25) is 0 Å². The first kappa shape index (κ1) is 10.2. The second-order valence-corrected chi connectivity index (χ2v) is 1.88. The van der Waals surface area contributed by atoms with Crippen LogP contribution in [0, 0.1) is 0 Å². The molecule has 0 rings (SSSR count). The number of carbonyl (C=O) groups is 1. The molecule has 0 aromatic carbocycles. The number of hydrogen-bond acceptors (Lipinski definition) is 4. The van der Waals surface area contributed by atoms with Crippen LogP contribution in [0.3, 0.4) is 0 Å². The molecule has 0 atom stereocenters. The number of ether oxygens (including phenoxy) is 1. The van der Waals surface area contributed by atoms with E-state index in [1.165, 1.54) is 0 Å². The number of esters is 1. The molecule has 4 nitrogen and oxygen atoms in total. The number of nitrogens with zero attached hydrogens (tertiary/aromatic N) is 1. The maximum absolute atomic E-state index is 10.7. The summed E-state index contributed by atoms with van der Waals surface area (Å²) in [5.74, 6) is -0.664. The number of hydrogen-bond donors (Lipinski definition) is 0. The van der Waals surface area contributed by atoms with Gasteiger partial charge in [-0.05, 0) is 13.8 Å². The first-order chi connectivity index (χ1) is 5.22. The average Bonchev–Trinajstić information content (AvgIpc) is 2.00. The van der Waals surface area contributed by atoms with Crippen molar-refractivity contribution in [2.75, 3.05) is 13.2 Å². The Morgan fingerprint density at radius 2 is 2.09 bits per heavy atom. The van der Waals surface area contributed by atoms with Crippen molar-refractivity contribution in [3.8, 4) is 0 Å². The van der Waals surface area contributed by atoms with Gasteiger partial charge in [-0.15, -0.1) is 0 Å². The Bertz CT molecular complexity index is 158. The highest BCUT2D eigenvalue weighted by Crippen LogP contribution is 1.91. The Labute approximate surface area is 70.1 Å². The van der Waals surface area contributed by atoms with Gasteiger partial charge in [-0.3, -0.25) is 0 Å². The largest absolute Gasteiger partial charge is 0.461 e. The fraction of sp³-hybridized carbons (Fsp3) is 0.667. The molecule has 5 heteroatoms. The van der Waals surface area contributed by atoms with Gasteiger partial charge < -0.3 is 9.57 Å². The summed E-state index contributed by atoms with van der Waals surface area (Å²) in [7, 11) is 0. The molecule has 0 aliphatic carbocycles. The molecule has 11 heavy (non-hydrogen) atoms. The van der Waals surface area contributed by atoms with Crippen LogP contribution >= 0.6 is 11.6 Å². The van der Waals surface area contributed by atoms with Crippen LogP contribution in [0.4, 0.5) is 0 Å². The normalized spacial score (nSPS) is 11.0. The van der Waals surface area contributed by atoms with Crippen LogP contribution in [-0.2, 0) is 14.4 Å². The van der Waals surface area contributed by atoms with Crippen molar-refractivity contribution in [1.82, 2.24) is 0 Å². The van der Waals surface area contributed by atoms with Crippen molar-refractivity contribution < 1.29 is 14.4 Å². The van der Waals surface area contributed by atoms with Crippen LogP contribution in [0.5, 0.6) is 0 Å². The van der Waals surface area contributed by atoms with Crippen molar-refractivity contribution in [3.63, 3.8) is 0 Å². The van der Waals surface area contributed by atoms with Gasteiger partial charge in [0.25, 0.3) is 5.17 Å². The predicted molar refractivity (Wildman–Crippen MR) is 41.5 cm³/mol. The summed E-state index contributed by atoms with van der Waals surface area (Å²) in [6, 6.07) is 0. The van der Waals surface area contributed by atoms with Crippen molar-refractivity contribution in [2.24, 2.45) is 5.16 Å². The lowest BCUT2D eigenvalue weighted by Gasteiger charge is -1.97. The molecule has 0 saturated heterocycles. The lowest BCUT2D eigenvalue weighted by molar-refractivity contribution is -0.134. The highest BCUT2D eigenvalue weighted by Gasteiger charge is 2.08. The van der Waals surface area contributed by atoms with Crippen molar-refractivity contribution in [1.29, 1.82) is 0 Å². The lowest BCUT2D eigenvalue weighted by atomic mass is 10.7. The monoisotopic (exact) mass is 179 g/mol. The minimum Gasteiger partial charge on any atom is -0.461 e. The lowest BCUT2D eigenvalue weighted by Crippen LogP contribution is -2.12. The molecule has 0 unspecified atom stereocenters. The second kappa shape index (κ2) is 5.97. The molecule has 0 aromatic heterocycles. The Kier molecular flexibility index (Phi) is 5.56. The van der Waals surface area contributed by atoms with Gasteiger partial charge in [0, 0.05) is 0 Å². The first-order valence-electron chi connectivity index (χ1n) is 3.24. The fourth-order valence-corrected chi connectivity index (χ4v) is 0.452. The zero-order chi connectivity index (χ0) is 8.69. The third-order valence-corrected chi connectivity index (χ3v) is 0.941.